The van der Waals surface area contributed by atoms with Crippen molar-refractivity contribution < 1.29 is 9.59 Å². The highest BCUT2D eigenvalue weighted by atomic mass is 16.2. The minimum atomic E-state index is -0.244. The van der Waals surface area contributed by atoms with E-state index in [1.807, 2.05) is 30.3 Å². The number of nitrogens with one attached hydrogen (secondary N) is 2. The standard InChI is InChI=1S/C35H37N3O2/c39-34(36-22-29-14-7-12-27-10-4-5-15-33(27)29)30-20-31(24-38(23-30)19-18-25-8-2-1-3-9-25)35(40)37-32-17-16-26-11-6-13-28(26)21-32/h1-5,7-10,12,14-17,21,30-31H,6,11,13,18-20,22-24H2,(H,36,39)(H,37,40)/t30-,31+/m0/s1. The second-order valence-corrected chi connectivity index (χ2v) is 11.3. The Bertz CT molecular complexity index is 1490. The molecule has 0 unspecified atom stereocenters. The van der Waals surface area contributed by atoms with Crippen molar-refractivity contribution in [2.75, 3.05) is 25.0 Å². The van der Waals surface area contributed by atoms with Crippen molar-refractivity contribution in [1.82, 2.24) is 10.2 Å². The lowest BCUT2D eigenvalue weighted by molar-refractivity contribution is -0.130. The van der Waals surface area contributed by atoms with Crippen LogP contribution in [0.25, 0.3) is 10.8 Å². The van der Waals surface area contributed by atoms with Crippen LogP contribution in [0.2, 0.25) is 0 Å². The number of piperidine rings is 1. The normalized spacial score (nSPS) is 18.8. The largest absolute Gasteiger partial charge is 0.352 e. The molecule has 6 rings (SSSR count). The lowest BCUT2D eigenvalue weighted by Gasteiger charge is -2.36. The molecule has 204 valence electrons. The molecule has 2 aliphatic rings. The van der Waals surface area contributed by atoms with Crippen molar-refractivity contribution >= 4 is 28.3 Å². The van der Waals surface area contributed by atoms with Crippen LogP contribution in [0.4, 0.5) is 5.69 Å². The first-order chi connectivity index (χ1) is 19.6. The van der Waals surface area contributed by atoms with Crippen molar-refractivity contribution in [3.05, 3.63) is 113 Å². The van der Waals surface area contributed by atoms with Crippen molar-refractivity contribution in [2.24, 2.45) is 11.8 Å². The van der Waals surface area contributed by atoms with Gasteiger partial charge in [0.1, 0.15) is 0 Å². The van der Waals surface area contributed by atoms with Gasteiger partial charge in [-0.1, -0.05) is 78.9 Å². The lowest BCUT2D eigenvalue weighted by Crippen LogP contribution is -2.49. The Morgan fingerprint density at radius 1 is 0.775 bits per heavy atom. The van der Waals surface area contributed by atoms with E-state index in [0.717, 1.165) is 42.4 Å². The number of benzene rings is 4. The van der Waals surface area contributed by atoms with Gasteiger partial charge in [-0.2, -0.15) is 0 Å². The molecular formula is C35H37N3O2. The fourth-order valence-corrected chi connectivity index (χ4v) is 6.35. The smallest absolute Gasteiger partial charge is 0.228 e. The number of carbonyl (C=O) groups excluding carboxylic acids is 2. The van der Waals surface area contributed by atoms with Crippen LogP contribution in [0.15, 0.2) is 91.0 Å². The summed E-state index contributed by atoms with van der Waals surface area (Å²) in [7, 11) is 0. The SMILES string of the molecule is O=C(NCc1cccc2ccccc12)[C@H]1C[C@@H](C(=O)Nc2ccc3c(c2)CCC3)CN(CCc2ccccc2)C1. The molecule has 1 fully saturated rings. The number of rotatable bonds is 8. The monoisotopic (exact) mass is 531 g/mol. The molecule has 5 nitrogen and oxygen atoms in total. The third-order valence-corrected chi connectivity index (χ3v) is 8.53. The fourth-order valence-electron chi connectivity index (χ4n) is 6.35. The van der Waals surface area contributed by atoms with Crippen molar-refractivity contribution in [3.63, 3.8) is 0 Å². The summed E-state index contributed by atoms with van der Waals surface area (Å²) < 4.78 is 0. The van der Waals surface area contributed by atoms with Crippen LogP contribution in [0.1, 0.15) is 35.1 Å². The topological polar surface area (TPSA) is 61.4 Å². The number of likely N-dealkylation sites (tertiary alicyclic amines) is 1. The second-order valence-electron chi connectivity index (χ2n) is 11.3. The Kier molecular flexibility index (Phi) is 7.92. The fraction of sp³-hybridized carbons (Fsp3) is 0.314. The molecule has 4 aromatic carbocycles. The first kappa shape index (κ1) is 26.3. The maximum absolute atomic E-state index is 13.5. The van der Waals surface area contributed by atoms with Gasteiger partial charge >= 0.3 is 0 Å². The van der Waals surface area contributed by atoms with Crippen LogP contribution in [-0.4, -0.2) is 36.3 Å². The van der Waals surface area contributed by atoms with Gasteiger partial charge in [0, 0.05) is 31.9 Å². The number of carbonyl (C=O) groups is 2. The van der Waals surface area contributed by atoms with E-state index in [-0.39, 0.29) is 23.7 Å². The molecule has 2 N–H and O–H groups in total. The van der Waals surface area contributed by atoms with Crippen LogP contribution in [0.5, 0.6) is 0 Å². The van der Waals surface area contributed by atoms with E-state index in [9.17, 15) is 9.59 Å². The Balaban J connectivity index is 1.15. The summed E-state index contributed by atoms with van der Waals surface area (Å²) in [6.07, 6.45) is 4.83. The zero-order valence-corrected chi connectivity index (χ0v) is 22.9. The highest BCUT2D eigenvalue weighted by Crippen LogP contribution is 2.28. The third-order valence-electron chi connectivity index (χ3n) is 8.53. The summed E-state index contributed by atoms with van der Waals surface area (Å²) in [5.74, 6) is -0.455. The Labute approximate surface area is 236 Å². The van der Waals surface area contributed by atoms with Gasteiger partial charge in [0.05, 0.1) is 11.8 Å². The summed E-state index contributed by atoms with van der Waals surface area (Å²) in [6, 6.07) is 31.2. The number of nitrogens with zero attached hydrogens (tertiary/aromatic N) is 1. The number of aryl methyl sites for hydroxylation is 2. The molecule has 40 heavy (non-hydrogen) atoms. The molecule has 0 aromatic heterocycles. The molecule has 1 aliphatic carbocycles. The molecule has 0 radical (unpaired) electrons. The van der Waals surface area contributed by atoms with E-state index in [2.05, 4.69) is 76.2 Å². The summed E-state index contributed by atoms with van der Waals surface area (Å²) in [5.41, 5.74) is 5.98. The van der Waals surface area contributed by atoms with Crippen LogP contribution >= 0.6 is 0 Å². The van der Waals surface area contributed by atoms with Gasteiger partial charge < -0.3 is 15.5 Å². The molecule has 0 spiro atoms. The summed E-state index contributed by atoms with van der Waals surface area (Å²) in [4.78, 5) is 29.3. The van der Waals surface area contributed by atoms with E-state index in [1.165, 1.54) is 28.5 Å². The van der Waals surface area contributed by atoms with Gasteiger partial charge in [-0.25, -0.2) is 0 Å². The van der Waals surface area contributed by atoms with Crippen LogP contribution < -0.4 is 10.6 Å². The number of hydrogen-bond acceptors (Lipinski definition) is 3. The van der Waals surface area contributed by atoms with E-state index in [0.29, 0.717) is 26.1 Å². The zero-order valence-electron chi connectivity index (χ0n) is 22.9. The first-order valence-corrected chi connectivity index (χ1v) is 14.6. The first-order valence-electron chi connectivity index (χ1n) is 14.6. The van der Waals surface area contributed by atoms with Crippen LogP contribution in [0.3, 0.4) is 0 Å². The number of fused-ring (bicyclic) bond motifs is 2. The molecule has 0 saturated carbocycles. The molecule has 0 bridgehead atoms. The van der Waals surface area contributed by atoms with Gasteiger partial charge in [-0.3, -0.25) is 9.59 Å². The molecule has 5 heteroatoms. The average molecular weight is 532 g/mol. The van der Waals surface area contributed by atoms with Crippen LogP contribution in [0, 0.1) is 11.8 Å². The van der Waals surface area contributed by atoms with Gasteiger partial charge in [-0.15, -0.1) is 0 Å². The summed E-state index contributed by atoms with van der Waals surface area (Å²) in [6.45, 7) is 2.62. The Hall–Kier alpha value is -3.96. The molecule has 1 saturated heterocycles. The highest BCUT2D eigenvalue weighted by Gasteiger charge is 2.35. The van der Waals surface area contributed by atoms with Crippen molar-refractivity contribution in [1.29, 1.82) is 0 Å². The maximum atomic E-state index is 13.5. The van der Waals surface area contributed by atoms with E-state index in [4.69, 9.17) is 0 Å². The second kappa shape index (κ2) is 12.1. The van der Waals surface area contributed by atoms with E-state index in [1.54, 1.807) is 0 Å². The number of hydrogen-bond donors (Lipinski definition) is 2. The highest BCUT2D eigenvalue weighted by molar-refractivity contribution is 5.93. The Morgan fingerprint density at radius 3 is 2.40 bits per heavy atom. The number of amides is 2. The van der Waals surface area contributed by atoms with Gasteiger partial charge in [0.15, 0.2) is 0 Å². The van der Waals surface area contributed by atoms with Crippen molar-refractivity contribution in [3.8, 4) is 0 Å². The lowest BCUT2D eigenvalue weighted by atomic mass is 9.87. The number of anilines is 1. The van der Waals surface area contributed by atoms with Gasteiger partial charge in [0.25, 0.3) is 0 Å². The third kappa shape index (κ3) is 6.10. The van der Waals surface area contributed by atoms with Crippen molar-refractivity contribution in [2.45, 2.75) is 38.6 Å². The molecule has 4 aromatic rings. The maximum Gasteiger partial charge on any atom is 0.228 e. The molecule has 2 atom stereocenters. The molecule has 1 aliphatic heterocycles. The van der Waals surface area contributed by atoms with Crippen LogP contribution in [-0.2, 0) is 35.4 Å². The minimum absolute atomic E-state index is 0.00853. The summed E-state index contributed by atoms with van der Waals surface area (Å²) in [5, 5.41) is 8.70. The van der Waals surface area contributed by atoms with Gasteiger partial charge in [0.2, 0.25) is 11.8 Å². The minimum Gasteiger partial charge on any atom is -0.352 e. The predicted octanol–water partition coefficient (Wildman–Crippen LogP) is 5.76. The molecular weight excluding hydrogens is 494 g/mol. The van der Waals surface area contributed by atoms with E-state index >= 15 is 0 Å². The molecule has 1 heterocycles. The predicted molar refractivity (Wildman–Crippen MR) is 161 cm³/mol. The van der Waals surface area contributed by atoms with Gasteiger partial charge in [-0.05, 0) is 77.3 Å². The Morgan fingerprint density at radius 2 is 1.52 bits per heavy atom. The summed E-state index contributed by atoms with van der Waals surface area (Å²) >= 11 is 0. The molecule has 2 amide bonds. The zero-order chi connectivity index (χ0) is 27.3. The van der Waals surface area contributed by atoms with E-state index < -0.39 is 0 Å². The average Bonchev–Trinajstić information content (AvgIpc) is 3.47. The quantitative estimate of drug-likeness (QED) is 0.304.